The van der Waals surface area contributed by atoms with Crippen LogP contribution >= 0.6 is 0 Å². The average molecular weight is 463 g/mol. The molecule has 0 saturated carbocycles. The maximum atomic E-state index is 7.03. The Morgan fingerprint density at radius 3 is 2.55 bits per heavy atom. The molecule has 4 rings (SSSR count). The topological polar surface area (TPSA) is 18.5 Å². The van der Waals surface area contributed by atoms with Gasteiger partial charge in [0.1, 0.15) is 17.1 Å². The molecule has 0 radical (unpaired) electrons. The van der Waals surface area contributed by atoms with Gasteiger partial charge in [-0.25, -0.2) is 0 Å². The molecule has 2 aromatic carbocycles. The molecule has 0 unspecified atom stereocenters. The summed E-state index contributed by atoms with van der Waals surface area (Å²) in [6, 6.07) is 16.5. The van der Waals surface area contributed by atoms with Crippen molar-refractivity contribution in [1.29, 1.82) is 0 Å². The van der Waals surface area contributed by atoms with Gasteiger partial charge in [0, 0.05) is 23.4 Å². The molecule has 0 N–H and O–H groups in total. The van der Waals surface area contributed by atoms with Crippen molar-refractivity contribution in [2.45, 2.75) is 96.9 Å². The molecule has 0 amide bonds. The van der Waals surface area contributed by atoms with Crippen LogP contribution in [0.1, 0.15) is 82.4 Å². The van der Waals surface area contributed by atoms with Crippen LogP contribution in [0.2, 0.25) is 13.1 Å². The van der Waals surface area contributed by atoms with E-state index in [-0.39, 0.29) is 5.60 Å². The van der Waals surface area contributed by atoms with Crippen molar-refractivity contribution in [2.24, 2.45) is 5.92 Å². The van der Waals surface area contributed by atoms with Crippen LogP contribution in [0.5, 0.6) is 11.5 Å². The summed E-state index contributed by atoms with van der Waals surface area (Å²) in [5.41, 5.74) is 5.36. The highest BCUT2D eigenvalue weighted by atomic mass is 28.4. The SMILES string of the molecule is CCCCCc1cc2c(c(O[Si](C)(C)Cc3ccccc3)c1)[C@H]1C=C(C)CC[C@@H]1C(C)(C)O2. The fourth-order valence-corrected chi connectivity index (χ4v) is 7.85. The number of allylic oxidation sites excluding steroid dienone is 2. The summed E-state index contributed by atoms with van der Waals surface area (Å²) in [5.74, 6) is 3.00. The van der Waals surface area contributed by atoms with Gasteiger partial charge in [0.05, 0.1) is 0 Å². The Morgan fingerprint density at radius 1 is 1.06 bits per heavy atom. The summed E-state index contributed by atoms with van der Waals surface area (Å²) in [6.45, 7) is 13.8. The number of aryl methyl sites for hydroxylation is 1. The Kier molecular flexibility index (Phi) is 7.09. The van der Waals surface area contributed by atoms with Gasteiger partial charge in [-0.3, -0.25) is 0 Å². The minimum Gasteiger partial charge on any atom is -0.543 e. The number of ether oxygens (including phenoxy) is 1. The van der Waals surface area contributed by atoms with E-state index in [2.05, 4.69) is 89.3 Å². The average Bonchev–Trinajstić information content (AvgIpc) is 2.73. The van der Waals surface area contributed by atoms with E-state index >= 15 is 0 Å². The molecule has 2 nitrogen and oxygen atoms in total. The second-order valence-corrected chi connectivity index (χ2v) is 15.5. The minimum absolute atomic E-state index is 0.162. The van der Waals surface area contributed by atoms with Gasteiger partial charge in [-0.1, -0.05) is 61.7 Å². The summed E-state index contributed by atoms with van der Waals surface area (Å²) in [5, 5.41) is 0. The van der Waals surface area contributed by atoms with Crippen LogP contribution in [-0.4, -0.2) is 13.9 Å². The van der Waals surface area contributed by atoms with Crippen LogP contribution in [0.3, 0.4) is 0 Å². The number of hydrogen-bond acceptors (Lipinski definition) is 2. The highest BCUT2D eigenvalue weighted by molar-refractivity contribution is 6.71. The van der Waals surface area contributed by atoms with Crippen molar-refractivity contribution in [3.05, 3.63) is 70.8 Å². The zero-order valence-electron chi connectivity index (χ0n) is 21.5. The van der Waals surface area contributed by atoms with E-state index in [9.17, 15) is 0 Å². The van der Waals surface area contributed by atoms with E-state index in [0.29, 0.717) is 11.8 Å². The van der Waals surface area contributed by atoms with Gasteiger partial charge in [0.25, 0.3) is 0 Å². The monoisotopic (exact) mass is 462 g/mol. The van der Waals surface area contributed by atoms with Crippen LogP contribution in [-0.2, 0) is 12.5 Å². The van der Waals surface area contributed by atoms with Gasteiger partial charge in [-0.2, -0.15) is 0 Å². The first-order chi connectivity index (χ1) is 15.7. The van der Waals surface area contributed by atoms with Gasteiger partial charge in [-0.15, -0.1) is 0 Å². The van der Waals surface area contributed by atoms with Crippen LogP contribution in [0.15, 0.2) is 54.1 Å². The van der Waals surface area contributed by atoms with Crippen LogP contribution < -0.4 is 9.16 Å². The molecule has 1 heterocycles. The number of hydrogen-bond donors (Lipinski definition) is 0. The lowest BCUT2D eigenvalue weighted by molar-refractivity contribution is 0.0110. The normalized spacial score (nSPS) is 21.5. The largest absolute Gasteiger partial charge is 0.543 e. The second-order valence-electron chi connectivity index (χ2n) is 11.4. The zero-order valence-corrected chi connectivity index (χ0v) is 22.5. The Balaban J connectivity index is 1.74. The summed E-state index contributed by atoms with van der Waals surface area (Å²) in [6.07, 6.45) is 9.67. The summed E-state index contributed by atoms with van der Waals surface area (Å²) in [7, 11) is -1.99. The lowest BCUT2D eigenvalue weighted by Crippen LogP contribution is -2.46. The van der Waals surface area contributed by atoms with Gasteiger partial charge < -0.3 is 9.16 Å². The Labute approximate surface area is 202 Å². The predicted octanol–water partition coefficient (Wildman–Crippen LogP) is 8.40. The molecular formula is C30H42O2Si. The molecule has 0 aromatic heterocycles. The van der Waals surface area contributed by atoms with E-state index in [1.54, 1.807) is 0 Å². The molecular weight excluding hydrogens is 420 g/mol. The fourth-order valence-electron chi connectivity index (χ4n) is 5.79. The summed E-state index contributed by atoms with van der Waals surface area (Å²) in [4.78, 5) is 0. The third-order valence-corrected chi connectivity index (χ3v) is 9.47. The number of unbranched alkanes of at least 4 members (excludes halogenated alkanes) is 2. The first-order valence-electron chi connectivity index (χ1n) is 12.9. The van der Waals surface area contributed by atoms with Gasteiger partial charge in [0.2, 0.25) is 8.32 Å². The maximum Gasteiger partial charge on any atom is 0.249 e. The van der Waals surface area contributed by atoms with E-state index in [0.717, 1.165) is 24.0 Å². The minimum atomic E-state index is -1.99. The molecule has 1 aliphatic carbocycles. The molecule has 2 atom stereocenters. The quantitative estimate of drug-likeness (QED) is 0.223. The lowest BCUT2D eigenvalue weighted by Gasteiger charge is -2.47. The van der Waals surface area contributed by atoms with Gasteiger partial charge in [-0.05, 0) is 82.8 Å². The summed E-state index contributed by atoms with van der Waals surface area (Å²) < 4.78 is 13.8. The van der Waals surface area contributed by atoms with E-state index in [1.807, 2.05) is 0 Å². The molecule has 0 spiro atoms. The van der Waals surface area contributed by atoms with Gasteiger partial charge in [0.15, 0.2) is 0 Å². The Morgan fingerprint density at radius 2 is 1.82 bits per heavy atom. The maximum absolute atomic E-state index is 7.03. The van der Waals surface area contributed by atoms with E-state index < -0.39 is 8.32 Å². The highest BCUT2D eigenvalue weighted by Crippen LogP contribution is 2.54. The zero-order chi connectivity index (χ0) is 23.6. The van der Waals surface area contributed by atoms with Crippen molar-refractivity contribution in [1.82, 2.24) is 0 Å². The molecule has 0 fully saturated rings. The molecule has 33 heavy (non-hydrogen) atoms. The third-order valence-electron chi connectivity index (χ3n) is 7.44. The number of fused-ring (bicyclic) bond motifs is 3. The standard InChI is InChI=1S/C30H42O2Si/c1-7-8-10-15-24-19-27-29(25-18-22(2)16-17-26(25)30(3,4)31-27)28(20-24)32-33(5,6)21-23-13-11-9-12-14-23/h9,11-14,18-20,25-26H,7-8,10,15-17,21H2,1-6H3/t25-,26-/m0/s1. The molecule has 2 aliphatic rings. The van der Waals surface area contributed by atoms with E-state index in [4.69, 9.17) is 9.16 Å². The van der Waals surface area contributed by atoms with Crippen molar-refractivity contribution < 1.29 is 9.16 Å². The first-order valence-corrected chi connectivity index (χ1v) is 16.1. The van der Waals surface area contributed by atoms with Crippen molar-refractivity contribution in [3.63, 3.8) is 0 Å². The number of benzene rings is 2. The van der Waals surface area contributed by atoms with Crippen molar-refractivity contribution in [3.8, 4) is 11.5 Å². The third kappa shape index (κ3) is 5.57. The van der Waals surface area contributed by atoms with E-state index in [1.165, 1.54) is 54.4 Å². The van der Waals surface area contributed by atoms with Crippen molar-refractivity contribution >= 4 is 8.32 Å². The summed E-state index contributed by atoms with van der Waals surface area (Å²) >= 11 is 0. The fraction of sp³-hybridized carbons (Fsp3) is 0.533. The number of rotatable bonds is 8. The highest BCUT2D eigenvalue weighted by Gasteiger charge is 2.46. The molecule has 1 aliphatic heterocycles. The van der Waals surface area contributed by atoms with Crippen LogP contribution in [0, 0.1) is 5.92 Å². The van der Waals surface area contributed by atoms with Crippen LogP contribution in [0.25, 0.3) is 0 Å². The molecule has 178 valence electrons. The Hall–Kier alpha value is -2.00. The molecule has 3 heteroatoms. The molecule has 0 bridgehead atoms. The Bertz CT molecular complexity index is 990. The second kappa shape index (κ2) is 9.70. The molecule has 2 aromatic rings. The predicted molar refractivity (Wildman–Crippen MR) is 142 cm³/mol. The molecule has 0 saturated heterocycles. The van der Waals surface area contributed by atoms with Crippen LogP contribution in [0.4, 0.5) is 0 Å². The van der Waals surface area contributed by atoms with Crippen molar-refractivity contribution in [2.75, 3.05) is 0 Å². The smallest absolute Gasteiger partial charge is 0.249 e. The first kappa shape index (κ1) is 24.1. The lowest BCUT2D eigenvalue weighted by atomic mass is 9.68. The van der Waals surface area contributed by atoms with Gasteiger partial charge >= 0.3 is 0 Å².